The van der Waals surface area contributed by atoms with Gasteiger partial charge in [0.05, 0.1) is 16.0 Å². The van der Waals surface area contributed by atoms with Gasteiger partial charge in [-0.3, -0.25) is 9.78 Å². The first kappa shape index (κ1) is 16.8. The summed E-state index contributed by atoms with van der Waals surface area (Å²) in [6.45, 7) is 1.35. The summed E-state index contributed by atoms with van der Waals surface area (Å²) < 4.78 is 37.6. The van der Waals surface area contributed by atoms with Crippen molar-refractivity contribution in [3.8, 4) is 0 Å². The summed E-state index contributed by atoms with van der Waals surface area (Å²) in [5, 5.41) is 0.601. The van der Waals surface area contributed by atoms with Crippen molar-refractivity contribution in [3.05, 3.63) is 63.4 Å². The molecule has 1 heterocycles. The Morgan fingerprint density at radius 3 is 2.18 bits per heavy atom. The molecule has 1 aromatic heterocycles. The second kappa shape index (κ2) is 6.26. The van der Waals surface area contributed by atoms with Gasteiger partial charge in [-0.1, -0.05) is 35.3 Å². The van der Waals surface area contributed by atoms with Gasteiger partial charge in [-0.2, -0.15) is 13.2 Å². The summed E-state index contributed by atoms with van der Waals surface area (Å²) in [6, 6.07) is 6.76. The van der Waals surface area contributed by atoms with E-state index in [1.165, 1.54) is 25.1 Å². The molecule has 0 saturated carbocycles. The lowest BCUT2D eigenvalue weighted by Gasteiger charge is -2.16. The lowest BCUT2D eigenvalue weighted by Crippen LogP contribution is -2.13. The van der Waals surface area contributed by atoms with Gasteiger partial charge in [0.2, 0.25) is 0 Å². The number of carbonyl (C=O) groups is 1. The van der Waals surface area contributed by atoms with E-state index in [1.54, 1.807) is 6.07 Å². The molecule has 1 atom stereocenters. The summed E-state index contributed by atoms with van der Waals surface area (Å²) in [4.78, 5) is 15.3. The van der Waals surface area contributed by atoms with Gasteiger partial charge in [-0.05, 0) is 36.2 Å². The second-order valence-electron chi connectivity index (χ2n) is 4.69. The number of hydrogen-bond donors (Lipinski definition) is 0. The van der Waals surface area contributed by atoms with Crippen molar-refractivity contribution in [2.75, 3.05) is 0 Å². The number of aromatic nitrogens is 1. The molecule has 0 N–H and O–H groups in total. The van der Waals surface area contributed by atoms with Crippen molar-refractivity contribution < 1.29 is 18.0 Å². The summed E-state index contributed by atoms with van der Waals surface area (Å²) in [5.74, 6) is -0.982. The number of halogens is 5. The van der Waals surface area contributed by atoms with Crippen LogP contribution in [0, 0.1) is 0 Å². The smallest absolute Gasteiger partial charge is 0.299 e. The maximum absolute atomic E-state index is 12.5. The van der Waals surface area contributed by atoms with Gasteiger partial charge in [0, 0.05) is 6.20 Å². The van der Waals surface area contributed by atoms with Crippen LogP contribution in [0.1, 0.15) is 29.7 Å². The summed E-state index contributed by atoms with van der Waals surface area (Å²) in [7, 11) is 0. The topological polar surface area (TPSA) is 30.0 Å². The molecule has 0 aliphatic carbocycles. The number of pyridine rings is 1. The van der Waals surface area contributed by atoms with Crippen molar-refractivity contribution in [2.45, 2.75) is 19.0 Å². The second-order valence-corrected chi connectivity index (χ2v) is 5.51. The normalized spacial score (nSPS) is 13.0. The van der Waals surface area contributed by atoms with Gasteiger partial charge >= 0.3 is 6.18 Å². The number of carbonyl (C=O) groups excluding carboxylic acids is 1. The molecule has 0 aliphatic rings. The number of hydrogen-bond acceptors (Lipinski definition) is 2. The van der Waals surface area contributed by atoms with Gasteiger partial charge < -0.3 is 0 Å². The maximum atomic E-state index is 12.5. The van der Waals surface area contributed by atoms with Crippen LogP contribution < -0.4 is 0 Å². The SMILES string of the molecule is CC(=O)C(c1ccc(C(F)(F)F)nc1)c1ccc(Cl)c(Cl)c1. The van der Waals surface area contributed by atoms with E-state index < -0.39 is 17.8 Å². The third kappa shape index (κ3) is 3.59. The zero-order valence-corrected chi connectivity index (χ0v) is 12.8. The molecular formula is C15H10Cl2F3NO. The molecule has 22 heavy (non-hydrogen) atoms. The highest BCUT2D eigenvalue weighted by Gasteiger charge is 2.32. The molecule has 0 bridgehead atoms. The Morgan fingerprint density at radius 2 is 1.73 bits per heavy atom. The number of benzene rings is 1. The highest BCUT2D eigenvalue weighted by molar-refractivity contribution is 6.42. The third-order valence-electron chi connectivity index (χ3n) is 3.09. The number of nitrogens with zero attached hydrogens (tertiary/aromatic N) is 1. The summed E-state index contributed by atoms with van der Waals surface area (Å²) >= 11 is 11.8. The molecule has 0 amide bonds. The van der Waals surface area contributed by atoms with Crippen molar-refractivity contribution in [2.24, 2.45) is 0 Å². The zero-order chi connectivity index (χ0) is 16.5. The van der Waals surface area contributed by atoms with Crippen LogP contribution in [0.5, 0.6) is 0 Å². The van der Waals surface area contributed by atoms with E-state index >= 15 is 0 Å². The van der Waals surface area contributed by atoms with Crippen LogP contribution in [0.2, 0.25) is 10.0 Å². The van der Waals surface area contributed by atoms with Crippen LogP contribution in [0.4, 0.5) is 13.2 Å². The highest BCUT2D eigenvalue weighted by Crippen LogP contribution is 2.32. The van der Waals surface area contributed by atoms with E-state index in [1.807, 2.05) is 0 Å². The fourth-order valence-corrected chi connectivity index (χ4v) is 2.40. The van der Waals surface area contributed by atoms with Gasteiger partial charge in [-0.15, -0.1) is 0 Å². The Balaban J connectivity index is 2.44. The molecule has 2 rings (SSSR count). The van der Waals surface area contributed by atoms with Crippen LogP contribution in [-0.4, -0.2) is 10.8 Å². The Bertz CT molecular complexity index is 699. The molecule has 1 unspecified atom stereocenters. The monoisotopic (exact) mass is 347 g/mol. The zero-order valence-electron chi connectivity index (χ0n) is 11.3. The summed E-state index contributed by atoms with van der Waals surface area (Å²) in [5.41, 5.74) is -0.102. The molecule has 1 aromatic carbocycles. The third-order valence-corrected chi connectivity index (χ3v) is 3.83. The fourth-order valence-electron chi connectivity index (χ4n) is 2.10. The first-order valence-electron chi connectivity index (χ1n) is 6.18. The van der Waals surface area contributed by atoms with E-state index in [4.69, 9.17) is 23.2 Å². The molecule has 0 saturated heterocycles. The minimum Gasteiger partial charge on any atom is -0.299 e. The van der Waals surface area contributed by atoms with E-state index in [0.29, 0.717) is 16.1 Å². The van der Waals surface area contributed by atoms with E-state index in [2.05, 4.69) is 4.98 Å². The predicted octanol–water partition coefficient (Wildman–Crippen LogP) is 5.13. The van der Waals surface area contributed by atoms with Crippen molar-refractivity contribution >= 4 is 29.0 Å². The van der Waals surface area contributed by atoms with Crippen LogP contribution in [0.3, 0.4) is 0 Å². The molecule has 2 aromatic rings. The number of ketones is 1. The first-order valence-corrected chi connectivity index (χ1v) is 6.94. The Hall–Kier alpha value is -1.59. The molecule has 0 spiro atoms. The number of alkyl halides is 3. The van der Waals surface area contributed by atoms with Crippen molar-refractivity contribution in [1.29, 1.82) is 0 Å². The van der Waals surface area contributed by atoms with Crippen LogP contribution in [0.15, 0.2) is 36.5 Å². The van der Waals surface area contributed by atoms with E-state index in [-0.39, 0.29) is 10.8 Å². The van der Waals surface area contributed by atoms with Gasteiger partial charge in [0.15, 0.2) is 0 Å². The van der Waals surface area contributed by atoms with Crippen LogP contribution in [-0.2, 0) is 11.0 Å². The fraction of sp³-hybridized carbons (Fsp3) is 0.200. The Labute approximate surface area is 134 Å². The molecule has 116 valence electrons. The van der Waals surface area contributed by atoms with Crippen LogP contribution >= 0.6 is 23.2 Å². The van der Waals surface area contributed by atoms with Crippen molar-refractivity contribution in [3.63, 3.8) is 0 Å². The molecule has 0 radical (unpaired) electrons. The standard InChI is InChI=1S/C15H10Cl2F3NO/c1-8(22)14(9-2-4-11(16)12(17)6-9)10-3-5-13(21-7-10)15(18,19)20/h2-7,14H,1H3. The van der Waals surface area contributed by atoms with Crippen molar-refractivity contribution in [1.82, 2.24) is 4.98 Å². The number of rotatable bonds is 3. The largest absolute Gasteiger partial charge is 0.433 e. The first-order chi connectivity index (χ1) is 10.2. The molecule has 7 heteroatoms. The minimum absolute atomic E-state index is 0.236. The van der Waals surface area contributed by atoms with E-state index in [9.17, 15) is 18.0 Å². The summed E-state index contributed by atoms with van der Waals surface area (Å²) in [6.07, 6.45) is -3.47. The lowest BCUT2D eigenvalue weighted by molar-refractivity contribution is -0.141. The molecule has 0 fully saturated rings. The highest BCUT2D eigenvalue weighted by atomic mass is 35.5. The van der Waals surface area contributed by atoms with Crippen LogP contribution in [0.25, 0.3) is 0 Å². The average Bonchev–Trinajstić information content (AvgIpc) is 2.42. The molecule has 2 nitrogen and oxygen atoms in total. The predicted molar refractivity (Wildman–Crippen MR) is 78.2 cm³/mol. The lowest BCUT2D eigenvalue weighted by atomic mass is 9.89. The molecular weight excluding hydrogens is 338 g/mol. The average molecular weight is 348 g/mol. The van der Waals surface area contributed by atoms with Gasteiger partial charge in [-0.25, -0.2) is 0 Å². The van der Waals surface area contributed by atoms with E-state index in [0.717, 1.165) is 12.3 Å². The Morgan fingerprint density at radius 1 is 1.09 bits per heavy atom. The quantitative estimate of drug-likeness (QED) is 0.770. The van der Waals surface area contributed by atoms with Gasteiger partial charge in [0.1, 0.15) is 11.5 Å². The molecule has 0 aliphatic heterocycles. The Kier molecular flexibility index (Phi) is 4.78. The maximum Gasteiger partial charge on any atom is 0.433 e. The number of Topliss-reactive ketones (excluding diaryl/α,β-unsaturated/α-hetero) is 1. The van der Waals surface area contributed by atoms with Gasteiger partial charge in [0.25, 0.3) is 0 Å². The minimum atomic E-state index is -4.52.